The van der Waals surface area contributed by atoms with Gasteiger partial charge in [0.1, 0.15) is 0 Å². The predicted molar refractivity (Wildman–Crippen MR) is 132 cm³/mol. The molecule has 172 valence electrons. The second-order valence-electron chi connectivity index (χ2n) is 7.81. The molecule has 0 spiro atoms. The molecule has 0 aliphatic heterocycles. The van der Waals surface area contributed by atoms with E-state index in [1.54, 1.807) is 0 Å². The SMILES string of the molecule is CCN(CC)c1ccc(CCCc2ccc(Nc3ccc([N+](=O)[O-])cc3C(=O)O)cc2)cc1. The van der Waals surface area contributed by atoms with E-state index in [4.69, 9.17) is 0 Å². The van der Waals surface area contributed by atoms with Crippen molar-refractivity contribution < 1.29 is 14.8 Å². The molecule has 7 heteroatoms. The third kappa shape index (κ3) is 6.32. The first kappa shape index (κ1) is 23.8. The summed E-state index contributed by atoms with van der Waals surface area (Å²) in [6.45, 7) is 6.33. The van der Waals surface area contributed by atoms with Gasteiger partial charge in [0, 0.05) is 36.6 Å². The van der Waals surface area contributed by atoms with Gasteiger partial charge in [0.2, 0.25) is 0 Å². The minimum absolute atomic E-state index is 0.139. The molecule has 0 fully saturated rings. The first-order chi connectivity index (χ1) is 15.9. The van der Waals surface area contributed by atoms with E-state index in [1.807, 2.05) is 24.3 Å². The molecule has 0 saturated carbocycles. The molecule has 7 nitrogen and oxygen atoms in total. The summed E-state index contributed by atoms with van der Waals surface area (Å²) in [6, 6.07) is 20.3. The van der Waals surface area contributed by atoms with E-state index in [1.165, 1.54) is 28.9 Å². The number of nitro benzene ring substituents is 1. The van der Waals surface area contributed by atoms with Crippen LogP contribution >= 0.6 is 0 Å². The third-order valence-corrected chi connectivity index (χ3v) is 5.67. The molecule has 0 aliphatic rings. The average Bonchev–Trinajstić information content (AvgIpc) is 2.82. The van der Waals surface area contributed by atoms with E-state index in [0.717, 1.165) is 44.1 Å². The highest BCUT2D eigenvalue weighted by Gasteiger charge is 2.16. The lowest BCUT2D eigenvalue weighted by Crippen LogP contribution is -2.21. The van der Waals surface area contributed by atoms with Crippen LogP contribution in [0.3, 0.4) is 0 Å². The highest BCUT2D eigenvalue weighted by atomic mass is 16.6. The molecule has 0 saturated heterocycles. The summed E-state index contributed by atoms with van der Waals surface area (Å²) in [5.74, 6) is -1.22. The van der Waals surface area contributed by atoms with E-state index in [9.17, 15) is 20.0 Å². The summed E-state index contributed by atoms with van der Waals surface area (Å²) < 4.78 is 0. The summed E-state index contributed by atoms with van der Waals surface area (Å²) in [4.78, 5) is 24.1. The van der Waals surface area contributed by atoms with Gasteiger partial charge in [-0.1, -0.05) is 24.3 Å². The number of benzene rings is 3. The van der Waals surface area contributed by atoms with Gasteiger partial charge in [0.25, 0.3) is 5.69 Å². The Morgan fingerprint density at radius 3 is 2.03 bits per heavy atom. The highest BCUT2D eigenvalue weighted by molar-refractivity contribution is 5.96. The van der Waals surface area contributed by atoms with Crippen molar-refractivity contribution >= 4 is 28.7 Å². The van der Waals surface area contributed by atoms with Gasteiger partial charge >= 0.3 is 5.97 Å². The number of carboxylic acid groups (broad SMARTS) is 1. The van der Waals surface area contributed by atoms with E-state index >= 15 is 0 Å². The summed E-state index contributed by atoms with van der Waals surface area (Å²) in [5.41, 5.74) is 4.42. The lowest BCUT2D eigenvalue weighted by Gasteiger charge is -2.21. The van der Waals surface area contributed by atoms with Gasteiger partial charge in [-0.05, 0) is 74.6 Å². The van der Waals surface area contributed by atoms with Crippen molar-refractivity contribution in [3.05, 3.63) is 93.5 Å². The Morgan fingerprint density at radius 2 is 1.52 bits per heavy atom. The lowest BCUT2D eigenvalue weighted by atomic mass is 10.0. The van der Waals surface area contributed by atoms with Crippen molar-refractivity contribution in [3.8, 4) is 0 Å². The zero-order valence-electron chi connectivity index (χ0n) is 19.0. The monoisotopic (exact) mass is 447 g/mol. The largest absolute Gasteiger partial charge is 0.478 e. The number of carbonyl (C=O) groups is 1. The van der Waals surface area contributed by atoms with Gasteiger partial charge in [0.15, 0.2) is 0 Å². The number of aromatic carboxylic acids is 1. The summed E-state index contributed by atoms with van der Waals surface area (Å²) in [6.07, 6.45) is 2.97. The van der Waals surface area contributed by atoms with Crippen LogP contribution in [-0.4, -0.2) is 29.1 Å². The number of nitrogens with one attached hydrogen (secondary N) is 1. The van der Waals surface area contributed by atoms with Crippen molar-refractivity contribution in [2.24, 2.45) is 0 Å². The Kier molecular flexibility index (Phi) is 8.02. The minimum atomic E-state index is -1.22. The van der Waals surface area contributed by atoms with Crippen LogP contribution in [0, 0.1) is 10.1 Å². The van der Waals surface area contributed by atoms with Crippen LogP contribution in [0.5, 0.6) is 0 Å². The third-order valence-electron chi connectivity index (χ3n) is 5.67. The molecule has 0 aliphatic carbocycles. The van der Waals surface area contributed by atoms with E-state index in [-0.39, 0.29) is 11.3 Å². The maximum absolute atomic E-state index is 11.5. The molecule has 0 amide bonds. The molecule has 0 bridgehead atoms. The fourth-order valence-corrected chi connectivity index (χ4v) is 3.80. The first-order valence-corrected chi connectivity index (χ1v) is 11.1. The lowest BCUT2D eigenvalue weighted by molar-refractivity contribution is -0.384. The molecule has 0 heterocycles. The second-order valence-corrected chi connectivity index (χ2v) is 7.81. The number of nitrogens with zero attached hydrogens (tertiary/aromatic N) is 2. The molecule has 3 rings (SSSR count). The normalized spacial score (nSPS) is 10.6. The molecule has 0 aromatic heterocycles. The zero-order valence-corrected chi connectivity index (χ0v) is 19.0. The molecule has 0 radical (unpaired) electrons. The Hall–Kier alpha value is -3.87. The molecule has 3 aromatic carbocycles. The van der Waals surface area contributed by atoms with Crippen LogP contribution < -0.4 is 10.2 Å². The Balaban J connectivity index is 1.57. The van der Waals surface area contributed by atoms with Crippen molar-refractivity contribution in [2.45, 2.75) is 33.1 Å². The van der Waals surface area contributed by atoms with E-state index < -0.39 is 10.9 Å². The Bertz CT molecular complexity index is 1090. The molecular formula is C26H29N3O4. The maximum Gasteiger partial charge on any atom is 0.338 e. The van der Waals surface area contributed by atoms with Crippen molar-refractivity contribution in [3.63, 3.8) is 0 Å². The van der Waals surface area contributed by atoms with Crippen molar-refractivity contribution in [1.29, 1.82) is 0 Å². The quantitative estimate of drug-likeness (QED) is 0.274. The van der Waals surface area contributed by atoms with Gasteiger partial charge in [-0.3, -0.25) is 10.1 Å². The summed E-state index contributed by atoms with van der Waals surface area (Å²) in [7, 11) is 0. The van der Waals surface area contributed by atoms with Crippen LogP contribution in [0.4, 0.5) is 22.7 Å². The number of hydrogen-bond donors (Lipinski definition) is 2. The van der Waals surface area contributed by atoms with Crippen LogP contribution in [0.15, 0.2) is 66.7 Å². The van der Waals surface area contributed by atoms with Crippen LogP contribution in [0.2, 0.25) is 0 Å². The number of anilines is 3. The van der Waals surface area contributed by atoms with E-state index in [0.29, 0.717) is 5.69 Å². The highest BCUT2D eigenvalue weighted by Crippen LogP contribution is 2.26. The average molecular weight is 448 g/mol. The Labute approximate surface area is 193 Å². The maximum atomic E-state index is 11.5. The Morgan fingerprint density at radius 1 is 0.939 bits per heavy atom. The fourth-order valence-electron chi connectivity index (χ4n) is 3.80. The number of hydrogen-bond acceptors (Lipinski definition) is 5. The molecule has 3 aromatic rings. The van der Waals surface area contributed by atoms with Crippen molar-refractivity contribution in [2.75, 3.05) is 23.3 Å². The topological polar surface area (TPSA) is 95.7 Å². The number of nitro groups is 1. The molecule has 33 heavy (non-hydrogen) atoms. The number of aryl methyl sites for hydroxylation is 2. The van der Waals surface area contributed by atoms with Gasteiger partial charge in [0.05, 0.1) is 16.2 Å². The molecular weight excluding hydrogens is 418 g/mol. The van der Waals surface area contributed by atoms with Gasteiger partial charge in [-0.2, -0.15) is 0 Å². The summed E-state index contributed by atoms with van der Waals surface area (Å²) in [5, 5.41) is 23.4. The number of carboxylic acids is 1. The van der Waals surface area contributed by atoms with Crippen LogP contribution in [-0.2, 0) is 12.8 Å². The predicted octanol–water partition coefficient (Wildman–Crippen LogP) is 6.06. The molecule has 0 atom stereocenters. The van der Waals surface area contributed by atoms with Crippen LogP contribution in [0.25, 0.3) is 0 Å². The number of non-ortho nitro benzene ring substituents is 1. The smallest absolute Gasteiger partial charge is 0.338 e. The van der Waals surface area contributed by atoms with E-state index in [2.05, 4.69) is 48.3 Å². The zero-order chi connectivity index (χ0) is 23.8. The van der Waals surface area contributed by atoms with Gasteiger partial charge < -0.3 is 15.3 Å². The molecule has 0 unspecified atom stereocenters. The van der Waals surface area contributed by atoms with Gasteiger partial charge in [-0.25, -0.2) is 4.79 Å². The standard InChI is InChI=1S/C26H29N3O4/c1-3-28(4-2)22-14-10-20(11-15-22)7-5-6-19-8-12-21(13-9-19)27-25-17-16-23(29(32)33)18-24(25)26(30)31/h8-18,27H,3-7H2,1-2H3,(H,30,31). The summed E-state index contributed by atoms with van der Waals surface area (Å²) >= 11 is 0. The van der Waals surface area contributed by atoms with Crippen molar-refractivity contribution in [1.82, 2.24) is 0 Å². The molecule has 2 N–H and O–H groups in total. The van der Waals surface area contributed by atoms with Gasteiger partial charge in [-0.15, -0.1) is 0 Å². The second kappa shape index (κ2) is 11.1. The van der Waals surface area contributed by atoms with Crippen LogP contribution in [0.1, 0.15) is 41.8 Å². The first-order valence-electron chi connectivity index (χ1n) is 11.1. The minimum Gasteiger partial charge on any atom is -0.478 e. The fraction of sp³-hybridized carbons (Fsp3) is 0.269. The number of rotatable bonds is 11.